The number of halogens is 1. The molecule has 0 saturated carbocycles. The second-order valence-corrected chi connectivity index (χ2v) is 4.96. The second-order valence-electron chi connectivity index (χ2n) is 2.99. The van der Waals surface area contributed by atoms with Crippen molar-refractivity contribution in [3.05, 3.63) is 34.1 Å². The van der Waals surface area contributed by atoms with Gasteiger partial charge in [0.1, 0.15) is 10.0 Å². The van der Waals surface area contributed by atoms with Gasteiger partial charge in [0.25, 0.3) is 0 Å². The summed E-state index contributed by atoms with van der Waals surface area (Å²) < 4.78 is 24.8. The van der Waals surface area contributed by atoms with Crippen molar-refractivity contribution in [1.82, 2.24) is 0 Å². The van der Waals surface area contributed by atoms with Gasteiger partial charge in [-0.1, -0.05) is 17.7 Å². The van der Waals surface area contributed by atoms with Crippen molar-refractivity contribution in [1.29, 1.82) is 5.26 Å². The third-order valence-corrected chi connectivity index (χ3v) is 3.23. The molecule has 0 bridgehead atoms. The first-order chi connectivity index (χ1) is 7.97. The summed E-state index contributed by atoms with van der Waals surface area (Å²) in [4.78, 5) is 0.114. The molecule has 0 aliphatic rings. The Morgan fingerprint density at radius 1 is 1.39 bits per heavy atom. The third-order valence-electron chi connectivity index (χ3n) is 1.63. The zero-order valence-electron chi connectivity index (χ0n) is 10.2. The van der Waals surface area contributed by atoms with Crippen LogP contribution in [-0.2, 0) is 10.0 Å². The normalized spacial score (nSPS) is 9.44. The van der Waals surface area contributed by atoms with Crippen molar-refractivity contribution in [2.24, 2.45) is 0 Å². The molecule has 0 amide bonds. The van der Waals surface area contributed by atoms with Gasteiger partial charge in [-0.2, -0.15) is 5.26 Å². The summed E-state index contributed by atoms with van der Waals surface area (Å²) in [6.07, 6.45) is 0.250. The van der Waals surface area contributed by atoms with E-state index in [9.17, 15) is 8.42 Å². The van der Waals surface area contributed by atoms with Crippen molar-refractivity contribution in [2.75, 3.05) is 6.61 Å². The molecule has 1 rings (SSSR count). The van der Waals surface area contributed by atoms with Crippen LogP contribution >= 0.6 is 11.8 Å². The number of rotatable bonds is 3. The monoisotopic (exact) mass is 298 g/mol. The van der Waals surface area contributed by atoms with Gasteiger partial charge in [-0.3, -0.25) is 11.8 Å². The summed E-state index contributed by atoms with van der Waals surface area (Å²) in [6.45, 7) is 1.85. The van der Waals surface area contributed by atoms with Crippen molar-refractivity contribution in [2.45, 2.75) is 18.2 Å². The first-order valence-corrected chi connectivity index (χ1v) is 6.38. The van der Waals surface area contributed by atoms with Crippen LogP contribution in [0.5, 0.6) is 0 Å². The summed E-state index contributed by atoms with van der Waals surface area (Å²) >= 11 is 4.90. The van der Waals surface area contributed by atoms with Crippen LogP contribution in [0.2, 0.25) is 0 Å². The minimum absolute atomic E-state index is 0. The van der Waals surface area contributed by atoms with Crippen LogP contribution in [0, 0.1) is 18.3 Å². The van der Waals surface area contributed by atoms with E-state index in [1.165, 1.54) is 12.1 Å². The predicted molar refractivity (Wildman–Crippen MR) is 64.9 cm³/mol. The van der Waals surface area contributed by atoms with Crippen molar-refractivity contribution >= 4 is 21.8 Å². The number of aliphatic hydroxyl groups excluding tert-OH is 1. The smallest absolute Gasteiger partial charge is 0.458 e. The summed E-state index contributed by atoms with van der Waals surface area (Å²) in [6, 6.07) is 8.08. The van der Waals surface area contributed by atoms with Crippen molar-refractivity contribution in [3.63, 3.8) is 0 Å². The molecule has 0 spiro atoms. The van der Waals surface area contributed by atoms with Gasteiger partial charge in [-0.05, 0) is 19.1 Å². The molecule has 1 aromatic carbocycles. The quantitative estimate of drug-likeness (QED) is 0.733. The maximum Gasteiger partial charge on any atom is 1.00 e. The number of nitrogens with zero attached hydrogens (tertiary/aromatic N) is 2. The van der Waals surface area contributed by atoms with Gasteiger partial charge < -0.3 is 9.35 Å². The summed E-state index contributed by atoms with van der Waals surface area (Å²) in [5, 5.41) is 15.5. The minimum atomic E-state index is -3.62. The van der Waals surface area contributed by atoms with Crippen LogP contribution in [-0.4, -0.2) is 20.1 Å². The molecule has 0 radical (unpaired) electrons. The van der Waals surface area contributed by atoms with E-state index in [1.54, 1.807) is 18.2 Å². The molecule has 0 saturated heterocycles. The van der Waals surface area contributed by atoms with Crippen LogP contribution < -0.4 is 29.6 Å². The van der Waals surface area contributed by atoms with E-state index >= 15 is 0 Å². The van der Waals surface area contributed by atoms with E-state index in [0.29, 0.717) is 0 Å². The Morgan fingerprint density at radius 3 is 2.17 bits per heavy atom. The van der Waals surface area contributed by atoms with Crippen LogP contribution in [0.25, 0.3) is 4.24 Å². The fourth-order valence-corrected chi connectivity index (χ4v) is 1.60. The van der Waals surface area contributed by atoms with Gasteiger partial charge in [-0.15, -0.1) is 0 Å². The Morgan fingerprint density at radius 2 is 1.89 bits per heavy atom. The molecule has 0 unspecified atom stereocenters. The fourth-order valence-electron chi connectivity index (χ4n) is 0.800. The predicted octanol–water partition coefficient (Wildman–Crippen LogP) is -0.892. The summed E-state index contributed by atoms with van der Waals surface area (Å²) in [5.74, 6) is 0. The summed E-state index contributed by atoms with van der Waals surface area (Å²) in [7, 11) is -3.62. The average Bonchev–Trinajstić information content (AvgIpc) is 2.31. The zero-order valence-corrected chi connectivity index (χ0v) is 13.7. The van der Waals surface area contributed by atoms with E-state index < -0.39 is 10.0 Å². The minimum Gasteiger partial charge on any atom is -0.458 e. The third kappa shape index (κ3) is 8.06. The molecule has 0 fully saturated rings. The molecule has 5 nitrogen and oxygen atoms in total. The van der Waals surface area contributed by atoms with Gasteiger partial charge >= 0.3 is 29.6 Å². The maximum atomic E-state index is 11.0. The molecular weight excluding hydrogens is 287 g/mol. The Balaban J connectivity index is 0. The Kier molecular flexibility index (Phi) is 12.1. The largest absolute Gasteiger partial charge is 1.00 e. The van der Waals surface area contributed by atoms with E-state index in [1.807, 2.05) is 6.92 Å². The summed E-state index contributed by atoms with van der Waals surface area (Å²) in [5.41, 5.74) is 0.989. The van der Waals surface area contributed by atoms with Gasteiger partial charge in [0, 0.05) is 4.90 Å². The zero-order chi connectivity index (χ0) is 13.3. The molecule has 1 N–H and O–H groups in total. The number of hydrogen-bond acceptors (Lipinski definition) is 4. The van der Waals surface area contributed by atoms with E-state index in [0.717, 1.165) is 5.56 Å². The number of aryl methyl sites for hydroxylation is 1. The molecular formula is C10H12ClN2NaO3S. The van der Waals surface area contributed by atoms with Gasteiger partial charge in [0.2, 0.25) is 0 Å². The molecule has 0 aromatic heterocycles. The van der Waals surface area contributed by atoms with Gasteiger partial charge in [0.15, 0.2) is 0 Å². The molecule has 18 heavy (non-hydrogen) atoms. The number of sulfonamides is 1. The van der Waals surface area contributed by atoms with Crippen molar-refractivity contribution in [3.8, 4) is 6.07 Å². The average molecular weight is 299 g/mol. The molecule has 0 aliphatic carbocycles. The van der Waals surface area contributed by atoms with Crippen molar-refractivity contribution < 1.29 is 43.1 Å². The molecule has 1 aromatic rings. The fraction of sp³-hybridized carbons (Fsp3) is 0.300. The van der Waals surface area contributed by atoms with Crippen LogP contribution in [0.4, 0.5) is 0 Å². The Labute approximate surface area is 134 Å². The molecule has 0 aliphatic heterocycles. The molecule has 0 heterocycles. The molecule has 8 heteroatoms. The number of benzene rings is 1. The maximum absolute atomic E-state index is 11.0. The molecule has 0 atom stereocenters. The first-order valence-electron chi connectivity index (χ1n) is 4.60. The van der Waals surface area contributed by atoms with E-state index in [2.05, 4.69) is 4.24 Å². The van der Waals surface area contributed by atoms with E-state index in [-0.39, 0.29) is 47.5 Å². The first kappa shape index (κ1) is 20.2. The number of nitriles is 1. The number of hydrogen-bond donors (Lipinski definition) is 1. The second kappa shape index (κ2) is 10.8. The number of aliphatic hydroxyl groups is 1. The van der Waals surface area contributed by atoms with Gasteiger partial charge in [-0.25, -0.2) is 8.42 Å². The van der Waals surface area contributed by atoms with Crippen LogP contribution in [0.15, 0.2) is 29.2 Å². The Hall–Kier alpha value is -0.130. The Bertz CT molecular complexity index is 471. The molecule has 94 valence electrons. The SMILES string of the molecule is Cc1ccc(S(=O)(=O)[N-]Cl)cc1.N#CCCO.[Na+]. The van der Waals surface area contributed by atoms with E-state index in [4.69, 9.17) is 22.1 Å². The standard InChI is InChI=1S/C7H7ClNO2S.C3H5NO.Na/c1-6-2-4-7(5-3-6)12(10,11)9-8;4-2-1-3-5;/h2-5H,1H3;5H,1,3H2;/q-1;;+1. The topological polar surface area (TPSA) is 92.3 Å². The van der Waals surface area contributed by atoms with Crippen LogP contribution in [0.3, 0.4) is 0 Å². The van der Waals surface area contributed by atoms with Gasteiger partial charge in [0.05, 0.1) is 19.1 Å². The van der Waals surface area contributed by atoms with Crippen LogP contribution in [0.1, 0.15) is 12.0 Å².